The minimum absolute atomic E-state index is 0.0190. The Morgan fingerprint density at radius 1 is 0.783 bits per heavy atom. The standard InChI is InChI=1S/C22H20Se/c1-22(2,3)15-14-19-16-20(17-10-6-4-7-11-17)23-21(19)18-12-8-5-9-13-18/h4-13,16H,1-3H3. The molecule has 1 heteroatoms. The monoisotopic (exact) mass is 364 g/mol. The summed E-state index contributed by atoms with van der Waals surface area (Å²) in [6.45, 7) is 6.47. The third-order valence-corrected chi connectivity index (χ3v) is 5.99. The molecule has 0 aliphatic rings. The van der Waals surface area contributed by atoms with Crippen LogP contribution >= 0.6 is 0 Å². The summed E-state index contributed by atoms with van der Waals surface area (Å²) < 4.78 is 2.81. The number of benzene rings is 2. The Balaban J connectivity index is 2.12. The van der Waals surface area contributed by atoms with Gasteiger partial charge in [0.05, 0.1) is 0 Å². The second-order valence-electron chi connectivity index (χ2n) is 6.59. The third-order valence-electron chi connectivity index (χ3n) is 3.40. The van der Waals surface area contributed by atoms with Crippen molar-refractivity contribution in [2.45, 2.75) is 20.8 Å². The van der Waals surface area contributed by atoms with Gasteiger partial charge in [0.15, 0.2) is 0 Å². The molecule has 114 valence electrons. The molecule has 0 N–H and O–H groups in total. The minimum atomic E-state index is 0.0190. The Kier molecular flexibility index (Phi) is 4.58. The molecular weight excluding hydrogens is 343 g/mol. The molecule has 0 fully saturated rings. The van der Waals surface area contributed by atoms with Gasteiger partial charge in [-0.1, -0.05) is 0 Å². The van der Waals surface area contributed by atoms with E-state index in [1.807, 2.05) is 0 Å². The van der Waals surface area contributed by atoms with Crippen molar-refractivity contribution in [1.82, 2.24) is 0 Å². The Labute approximate surface area is 144 Å². The van der Waals surface area contributed by atoms with E-state index in [0.29, 0.717) is 14.5 Å². The van der Waals surface area contributed by atoms with Gasteiger partial charge in [0.2, 0.25) is 0 Å². The van der Waals surface area contributed by atoms with Crippen molar-refractivity contribution in [1.29, 1.82) is 0 Å². The Morgan fingerprint density at radius 2 is 1.35 bits per heavy atom. The van der Waals surface area contributed by atoms with Crippen LogP contribution in [0.1, 0.15) is 26.3 Å². The normalized spacial score (nSPS) is 10.9. The van der Waals surface area contributed by atoms with Gasteiger partial charge in [-0.05, 0) is 0 Å². The van der Waals surface area contributed by atoms with E-state index in [0.717, 1.165) is 0 Å². The first-order valence-electron chi connectivity index (χ1n) is 7.81. The van der Waals surface area contributed by atoms with Gasteiger partial charge in [-0.2, -0.15) is 0 Å². The van der Waals surface area contributed by atoms with Crippen LogP contribution in [0.15, 0.2) is 66.7 Å². The van der Waals surface area contributed by atoms with E-state index in [-0.39, 0.29) is 5.41 Å². The molecule has 2 aromatic carbocycles. The molecule has 3 aromatic rings. The average Bonchev–Trinajstić information content (AvgIpc) is 2.98. The molecule has 0 saturated carbocycles. The second kappa shape index (κ2) is 6.63. The summed E-state index contributed by atoms with van der Waals surface area (Å²) in [5, 5.41) is 0. The van der Waals surface area contributed by atoms with Gasteiger partial charge in [-0.3, -0.25) is 0 Å². The third kappa shape index (κ3) is 4.05. The molecular formula is C22H20Se. The molecule has 0 amide bonds. The van der Waals surface area contributed by atoms with Gasteiger partial charge in [0.25, 0.3) is 0 Å². The molecule has 0 unspecified atom stereocenters. The molecule has 0 aliphatic heterocycles. The Bertz CT molecular complexity index is 838. The summed E-state index contributed by atoms with van der Waals surface area (Å²) in [6.07, 6.45) is 0. The maximum absolute atomic E-state index is 3.44. The zero-order chi connectivity index (χ0) is 16.3. The Morgan fingerprint density at radius 3 is 1.91 bits per heavy atom. The van der Waals surface area contributed by atoms with E-state index in [4.69, 9.17) is 0 Å². The number of hydrogen-bond donors (Lipinski definition) is 0. The quantitative estimate of drug-likeness (QED) is 0.418. The molecule has 0 saturated heterocycles. The summed E-state index contributed by atoms with van der Waals surface area (Å²) >= 11 is 0.296. The van der Waals surface area contributed by atoms with Gasteiger partial charge in [-0.25, -0.2) is 0 Å². The molecule has 0 aliphatic carbocycles. The maximum atomic E-state index is 3.44. The average molecular weight is 363 g/mol. The fraction of sp³-hybridized carbons (Fsp3) is 0.182. The molecule has 0 radical (unpaired) electrons. The predicted molar refractivity (Wildman–Crippen MR) is 101 cm³/mol. The van der Waals surface area contributed by atoms with E-state index >= 15 is 0 Å². The molecule has 0 spiro atoms. The number of rotatable bonds is 2. The topological polar surface area (TPSA) is 0 Å². The zero-order valence-electron chi connectivity index (χ0n) is 13.8. The van der Waals surface area contributed by atoms with Gasteiger partial charge < -0.3 is 0 Å². The van der Waals surface area contributed by atoms with Crippen LogP contribution in [0.25, 0.3) is 20.0 Å². The van der Waals surface area contributed by atoms with Crippen LogP contribution in [0.2, 0.25) is 0 Å². The molecule has 3 rings (SSSR count). The molecule has 1 heterocycles. The van der Waals surface area contributed by atoms with Crippen molar-refractivity contribution in [3.05, 3.63) is 72.3 Å². The van der Waals surface area contributed by atoms with Crippen molar-refractivity contribution in [2.75, 3.05) is 0 Å². The SMILES string of the molecule is CC(C)(C)C#Cc1cc(-c2ccccc2)[se]c1-c1ccccc1. The van der Waals surface area contributed by atoms with Crippen LogP contribution in [-0.2, 0) is 0 Å². The van der Waals surface area contributed by atoms with Gasteiger partial charge in [-0.15, -0.1) is 0 Å². The summed E-state index contributed by atoms with van der Waals surface area (Å²) in [5.74, 6) is 6.83. The van der Waals surface area contributed by atoms with Crippen LogP contribution in [0.3, 0.4) is 0 Å². The van der Waals surface area contributed by atoms with Crippen LogP contribution in [0.4, 0.5) is 0 Å². The van der Waals surface area contributed by atoms with E-state index in [9.17, 15) is 0 Å². The van der Waals surface area contributed by atoms with Gasteiger partial charge in [0.1, 0.15) is 0 Å². The fourth-order valence-corrected chi connectivity index (χ4v) is 4.65. The van der Waals surface area contributed by atoms with E-state index in [1.54, 1.807) is 0 Å². The van der Waals surface area contributed by atoms with Crippen LogP contribution in [-0.4, -0.2) is 14.5 Å². The number of hydrogen-bond acceptors (Lipinski definition) is 0. The molecule has 0 atom stereocenters. The van der Waals surface area contributed by atoms with E-state index in [1.165, 1.54) is 25.6 Å². The second-order valence-corrected chi connectivity index (χ2v) is 8.79. The van der Waals surface area contributed by atoms with Crippen molar-refractivity contribution in [3.63, 3.8) is 0 Å². The van der Waals surface area contributed by atoms with Crippen molar-refractivity contribution in [3.8, 4) is 31.8 Å². The fourth-order valence-electron chi connectivity index (χ4n) is 2.29. The predicted octanol–water partition coefficient (Wildman–Crippen LogP) is 5.48. The van der Waals surface area contributed by atoms with Crippen molar-refractivity contribution >= 4 is 14.5 Å². The summed E-state index contributed by atoms with van der Waals surface area (Å²) in [6, 6.07) is 23.6. The van der Waals surface area contributed by atoms with Gasteiger partial charge >= 0.3 is 145 Å². The van der Waals surface area contributed by atoms with E-state index in [2.05, 4.69) is 99.3 Å². The first-order valence-corrected chi connectivity index (χ1v) is 9.52. The Hall–Kier alpha value is -2.00. The summed E-state index contributed by atoms with van der Waals surface area (Å²) in [7, 11) is 0. The molecule has 0 bridgehead atoms. The first-order chi connectivity index (χ1) is 11.0. The van der Waals surface area contributed by atoms with Crippen molar-refractivity contribution < 1.29 is 0 Å². The van der Waals surface area contributed by atoms with E-state index < -0.39 is 0 Å². The summed E-state index contributed by atoms with van der Waals surface area (Å²) in [4.78, 5) is 0. The van der Waals surface area contributed by atoms with Gasteiger partial charge in [0, 0.05) is 0 Å². The molecule has 0 nitrogen and oxygen atoms in total. The summed E-state index contributed by atoms with van der Waals surface area (Å²) in [5.41, 5.74) is 3.82. The van der Waals surface area contributed by atoms with Crippen molar-refractivity contribution in [2.24, 2.45) is 5.41 Å². The first kappa shape index (κ1) is 15.9. The van der Waals surface area contributed by atoms with Crippen LogP contribution in [0.5, 0.6) is 0 Å². The van der Waals surface area contributed by atoms with Crippen LogP contribution in [0, 0.1) is 17.3 Å². The zero-order valence-corrected chi connectivity index (χ0v) is 15.5. The molecule has 23 heavy (non-hydrogen) atoms. The molecule has 1 aromatic heterocycles. The van der Waals surface area contributed by atoms with Crippen LogP contribution < -0.4 is 0 Å².